The number of hydrogen-bond acceptors (Lipinski definition) is 6. The molecule has 9 atom stereocenters. The number of primary amides is 1. The molecule has 0 aliphatic heterocycles. The van der Waals surface area contributed by atoms with Gasteiger partial charge in [0.15, 0.2) is 0 Å². The number of nitrogens with zero attached hydrogens (tertiary/aromatic N) is 2. The molecule has 8 nitrogen and oxygen atoms in total. The first-order valence-corrected chi connectivity index (χ1v) is 19.3. The monoisotopic (exact) mass is 682 g/mol. The first kappa shape index (κ1) is 37.9. The quantitative estimate of drug-likeness (QED) is 0.137. The summed E-state index contributed by atoms with van der Waals surface area (Å²) in [5.41, 5.74) is 9.77. The number of fused-ring (bicyclic) bond motifs is 7. The first-order valence-electron chi connectivity index (χ1n) is 19.3. The van der Waals surface area contributed by atoms with Gasteiger partial charge in [-0.3, -0.25) is 14.4 Å². The third-order valence-corrected chi connectivity index (χ3v) is 15.6. The molecular formula is C41H67N3O5. The molecular weight excluding hydrogens is 614 g/mol. The highest BCUT2D eigenvalue weighted by Gasteiger charge is 2.69. The van der Waals surface area contributed by atoms with Crippen molar-refractivity contribution in [2.45, 2.75) is 139 Å². The number of hydrazine groups is 1. The van der Waals surface area contributed by atoms with E-state index >= 15 is 0 Å². The van der Waals surface area contributed by atoms with Gasteiger partial charge in [-0.25, -0.2) is 5.01 Å². The van der Waals surface area contributed by atoms with Gasteiger partial charge in [-0.1, -0.05) is 58.8 Å². The number of allylic oxidation sites excluding steroid dienone is 3. The van der Waals surface area contributed by atoms with Crippen LogP contribution in [0.4, 0.5) is 0 Å². The van der Waals surface area contributed by atoms with Crippen LogP contribution < -0.4 is 5.73 Å². The fourth-order valence-electron chi connectivity index (χ4n) is 12.8. The molecule has 0 aromatic carbocycles. The molecule has 3 N–H and O–H groups in total. The van der Waals surface area contributed by atoms with Crippen molar-refractivity contribution in [2.75, 3.05) is 20.6 Å². The molecule has 4 saturated carbocycles. The van der Waals surface area contributed by atoms with E-state index in [-0.39, 0.29) is 58.5 Å². The molecule has 0 radical (unpaired) electrons. The Labute approximate surface area is 296 Å². The summed E-state index contributed by atoms with van der Waals surface area (Å²) in [4.78, 5) is 36.6. The van der Waals surface area contributed by atoms with Gasteiger partial charge < -0.3 is 20.6 Å². The van der Waals surface area contributed by atoms with Crippen molar-refractivity contribution in [3.63, 3.8) is 0 Å². The van der Waals surface area contributed by atoms with Crippen molar-refractivity contribution in [1.82, 2.24) is 10.0 Å². The van der Waals surface area contributed by atoms with E-state index in [9.17, 15) is 19.5 Å². The second-order valence-electron chi connectivity index (χ2n) is 18.6. The number of carboxylic acids is 1. The molecule has 5 aliphatic rings. The van der Waals surface area contributed by atoms with Crippen LogP contribution in [0.1, 0.15) is 133 Å². The summed E-state index contributed by atoms with van der Waals surface area (Å²) < 4.78 is 6.09. The highest BCUT2D eigenvalue weighted by atomic mass is 16.5. The van der Waals surface area contributed by atoms with Crippen LogP contribution in [0.2, 0.25) is 0 Å². The van der Waals surface area contributed by atoms with Gasteiger partial charge in [0.25, 0.3) is 0 Å². The van der Waals surface area contributed by atoms with Crippen LogP contribution in [0.5, 0.6) is 0 Å². The molecule has 0 aromatic rings. The summed E-state index contributed by atoms with van der Waals surface area (Å²) in [5, 5.41) is 13.8. The van der Waals surface area contributed by atoms with Crippen LogP contribution in [0.15, 0.2) is 22.9 Å². The number of rotatable bonds is 10. The molecule has 9 unspecified atom stereocenters. The summed E-state index contributed by atoms with van der Waals surface area (Å²) in [7, 11) is 4.08. The number of carbonyl (C=O) groups is 3. The number of aliphatic carboxylic acids is 1. The van der Waals surface area contributed by atoms with Gasteiger partial charge in [0, 0.05) is 25.2 Å². The highest BCUT2D eigenvalue weighted by molar-refractivity contribution is 5.81. The van der Waals surface area contributed by atoms with Crippen molar-refractivity contribution in [2.24, 2.45) is 62.4 Å². The average molecular weight is 682 g/mol. The van der Waals surface area contributed by atoms with E-state index in [0.717, 1.165) is 38.5 Å². The standard InChI is InChI=1S/C41H67N3O5/c1-12-32(44(11)43(10)24-33(42)45)41-20-15-27(25(2)3)35(41)29-13-14-31-38(7)18-17-30(49-34(46)23-37(5,6)36(47)48)26(4)28(38)16-19-40(31,9)39(29,8)21-22-41/h12,25-26,28-31H,13-24H2,1-11H3,(H2,42,45)(H,47,48)/b32-12-. The van der Waals surface area contributed by atoms with E-state index in [1.807, 2.05) is 12.1 Å². The molecule has 0 heterocycles. The second-order valence-corrected chi connectivity index (χ2v) is 18.6. The van der Waals surface area contributed by atoms with Crippen molar-refractivity contribution >= 4 is 17.8 Å². The fourth-order valence-corrected chi connectivity index (χ4v) is 12.8. The third kappa shape index (κ3) is 5.88. The van der Waals surface area contributed by atoms with Crippen LogP contribution in [0.3, 0.4) is 0 Å². The lowest BCUT2D eigenvalue weighted by Gasteiger charge is -2.71. The van der Waals surface area contributed by atoms with Crippen molar-refractivity contribution < 1.29 is 24.2 Å². The van der Waals surface area contributed by atoms with Crippen LogP contribution in [-0.4, -0.2) is 59.7 Å². The van der Waals surface area contributed by atoms with Gasteiger partial charge in [-0.15, -0.1) is 0 Å². The average Bonchev–Trinajstić information content (AvgIpc) is 3.39. The summed E-state index contributed by atoms with van der Waals surface area (Å²) >= 11 is 0. The summed E-state index contributed by atoms with van der Waals surface area (Å²) in [5.74, 6) is 0.695. The lowest BCUT2D eigenvalue weighted by molar-refractivity contribution is -0.215. The maximum absolute atomic E-state index is 13.0. The van der Waals surface area contributed by atoms with Crippen LogP contribution in [0, 0.1) is 56.7 Å². The van der Waals surface area contributed by atoms with Gasteiger partial charge in [-0.05, 0) is 131 Å². The highest BCUT2D eigenvalue weighted by Crippen LogP contribution is 2.76. The van der Waals surface area contributed by atoms with Gasteiger partial charge >= 0.3 is 11.9 Å². The number of esters is 1. The third-order valence-electron chi connectivity index (χ3n) is 15.6. The Morgan fingerprint density at radius 2 is 1.67 bits per heavy atom. The van der Waals surface area contributed by atoms with E-state index < -0.39 is 11.4 Å². The predicted octanol–water partition coefficient (Wildman–Crippen LogP) is 7.98. The zero-order valence-electron chi connectivity index (χ0n) is 32.6. The van der Waals surface area contributed by atoms with E-state index in [1.165, 1.54) is 31.4 Å². The Balaban J connectivity index is 1.44. The Kier molecular flexibility index (Phi) is 10.1. The number of hydrogen-bond donors (Lipinski definition) is 2. The molecule has 1 amide bonds. The summed E-state index contributed by atoms with van der Waals surface area (Å²) in [6, 6.07) is 0. The lowest BCUT2D eigenvalue weighted by atomic mass is 9.34. The Morgan fingerprint density at radius 3 is 2.27 bits per heavy atom. The van der Waals surface area contributed by atoms with Gasteiger partial charge in [0.1, 0.15) is 6.10 Å². The van der Waals surface area contributed by atoms with E-state index in [0.29, 0.717) is 23.7 Å². The zero-order valence-corrected chi connectivity index (χ0v) is 32.6. The maximum atomic E-state index is 13.0. The van der Waals surface area contributed by atoms with Crippen LogP contribution in [0.25, 0.3) is 0 Å². The predicted molar refractivity (Wildman–Crippen MR) is 194 cm³/mol. The van der Waals surface area contributed by atoms with Crippen LogP contribution in [-0.2, 0) is 19.1 Å². The Bertz CT molecular complexity index is 1400. The molecule has 49 heavy (non-hydrogen) atoms. The molecule has 0 spiro atoms. The van der Waals surface area contributed by atoms with Crippen molar-refractivity contribution in [1.29, 1.82) is 0 Å². The molecule has 0 aromatic heterocycles. The number of amides is 1. The lowest BCUT2D eigenvalue weighted by Crippen LogP contribution is -2.64. The minimum absolute atomic E-state index is 0.0187. The Hall–Kier alpha value is -2.35. The number of nitrogens with two attached hydrogens (primary N) is 1. The fraction of sp³-hybridized carbons (Fsp3) is 0.829. The largest absolute Gasteiger partial charge is 0.481 e. The molecule has 0 bridgehead atoms. The number of carboxylic acid groups (broad SMARTS) is 1. The van der Waals surface area contributed by atoms with E-state index in [2.05, 4.69) is 66.6 Å². The van der Waals surface area contributed by atoms with Gasteiger partial charge in [0.2, 0.25) is 5.91 Å². The molecule has 276 valence electrons. The second kappa shape index (κ2) is 13.0. The molecule has 5 aliphatic carbocycles. The molecule has 5 rings (SSSR count). The number of ether oxygens (including phenoxy) is 1. The van der Waals surface area contributed by atoms with Gasteiger partial charge in [0.05, 0.1) is 18.4 Å². The minimum Gasteiger partial charge on any atom is -0.481 e. The number of carbonyl (C=O) groups excluding carboxylic acids is 2. The molecule has 0 saturated heterocycles. The number of likely N-dealkylation sites (N-methyl/N-ethyl adjacent to an activating group) is 1. The maximum Gasteiger partial charge on any atom is 0.309 e. The van der Waals surface area contributed by atoms with Crippen molar-refractivity contribution in [3.8, 4) is 0 Å². The van der Waals surface area contributed by atoms with E-state index in [4.69, 9.17) is 10.5 Å². The summed E-state index contributed by atoms with van der Waals surface area (Å²) in [6.07, 6.45) is 13.3. The van der Waals surface area contributed by atoms with Gasteiger partial charge in [-0.2, -0.15) is 0 Å². The normalized spacial score (nSPS) is 39.2. The minimum atomic E-state index is -1.13. The molecule has 8 heteroatoms. The topological polar surface area (TPSA) is 113 Å². The van der Waals surface area contributed by atoms with Crippen molar-refractivity contribution in [3.05, 3.63) is 22.9 Å². The Morgan fingerprint density at radius 1 is 1.00 bits per heavy atom. The van der Waals surface area contributed by atoms with Crippen LogP contribution >= 0.6 is 0 Å². The smallest absolute Gasteiger partial charge is 0.309 e. The molecule has 4 fully saturated rings. The van der Waals surface area contributed by atoms with E-state index in [1.54, 1.807) is 25.0 Å². The summed E-state index contributed by atoms with van der Waals surface area (Å²) in [6.45, 7) is 20.5. The zero-order chi connectivity index (χ0) is 36.5. The first-order chi connectivity index (χ1) is 22.7. The SMILES string of the molecule is C/C=C(\N(C)N(C)CC(N)=O)C12CCC(C(C)C)=C1C1CCC3C4(C)CCC(OC(=O)CC(C)(C)C(=O)O)C(C)C4CCC3(C)C1(C)CC2.